The van der Waals surface area contributed by atoms with E-state index in [2.05, 4.69) is 40.6 Å². The van der Waals surface area contributed by atoms with Gasteiger partial charge in [-0.25, -0.2) is 9.37 Å². The Bertz CT molecular complexity index is 1000. The van der Waals surface area contributed by atoms with E-state index in [-0.39, 0.29) is 5.82 Å². The molecule has 0 amide bonds. The molecule has 0 spiro atoms. The summed E-state index contributed by atoms with van der Waals surface area (Å²) in [6, 6.07) is 5.51. The van der Waals surface area contributed by atoms with Crippen LogP contribution in [0.5, 0.6) is 5.75 Å². The third kappa shape index (κ3) is 4.59. The summed E-state index contributed by atoms with van der Waals surface area (Å²) >= 11 is 10.0. The normalized spacial score (nSPS) is 12.0. The molecule has 2 heterocycles. The van der Waals surface area contributed by atoms with Gasteiger partial charge in [-0.05, 0) is 40.2 Å². The summed E-state index contributed by atoms with van der Waals surface area (Å²) in [5.74, 6) is 0.221. The maximum Gasteiger partial charge on any atom is 0.143 e. The standard InChI is InChI=1S/C20H23BrClFN2O2Si/c1-26-17-6-5-13(23)9-14(17)15-11-25(12-27-7-8-28(2,3)4)20-18(15)19(22)16(21)10-24-20/h5-6,9-11H,7-8,12H2,1-4H3. The summed E-state index contributed by atoms with van der Waals surface area (Å²) in [4.78, 5) is 4.52. The Morgan fingerprint density at radius 3 is 2.68 bits per heavy atom. The Hall–Kier alpha value is -1.41. The van der Waals surface area contributed by atoms with Crippen LogP contribution in [0, 0.1) is 5.82 Å². The van der Waals surface area contributed by atoms with E-state index in [0.717, 1.165) is 17.0 Å². The molecule has 0 unspecified atom stereocenters. The van der Waals surface area contributed by atoms with E-state index in [0.29, 0.717) is 39.8 Å². The molecule has 0 aliphatic heterocycles. The van der Waals surface area contributed by atoms with Crippen LogP contribution in [0.1, 0.15) is 0 Å². The highest BCUT2D eigenvalue weighted by Gasteiger charge is 2.20. The average molecular weight is 486 g/mol. The Labute approximate surface area is 178 Å². The van der Waals surface area contributed by atoms with Gasteiger partial charge in [0.25, 0.3) is 0 Å². The van der Waals surface area contributed by atoms with Crippen LogP contribution in [0.25, 0.3) is 22.2 Å². The quantitative estimate of drug-likeness (QED) is 0.280. The summed E-state index contributed by atoms with van der Waals surface area (Å²) in [7, 11) is 0.394. The molecule has 0 aliphatic rings. The lowest BCUT2D eigenvalue weighted by atomic mass is 10.0. The van der Waals surface area contributed by atoms with Crippen molar-refractivity contribution in [3.8, 4) is 16.9 Å². The van der Waals surface area contributed by atoms with Crippen molar-refractivity contribution in [3.63, 3.8) is 0 Å². The summed E-state index contributed by atoms with van der Waals surface area (Å²) in [6.45, 7) is 7.99. The van der Waals surface area contributed by atoms with Crippen LogP contribution in [-0.2, 0) is 11.5 Å². The number of aromatic nitrogens is 2. The molecule has 0 saturated heterocycles. The molecular formula is C20H23BrClFN2O2Si. The van der Waals surface area contributed by atoms with Crippen LogP contribution in [0.4, 0.5) is 4.39 Å². The number of ether oxygens (including phenoxy) is 2. The van der Waals surface area contributed by atoms with Crippen molar-refractivity contribution in [3.05, 3.63) is 45.9 Å². The Morgan fingerprint density at radius 2 is 2.00 bits per heavy atom. The molecule has 28 heavy (non-hydrogen) atoms. The Kier molecular flexibility index (Phi) is 6.49. The molecule has 0 N–H and O–H groups in total. The fourth-order valence-corrected chi connectivity index (χ4v) is 4.22. The van der Waals surface area contributed by atoms with Crippen LogP contribution in [-0.4, -0.2) is 31.3 Å². The minimum atomic E-state index is -1.17. The predicted molar refractivity (Wildman–Crippen MR) is 118 cm³/mol. The topological polar surface area (TPSA) is 36.3 Å². The van der Waals surface area contributed by atoms with Gasteiger partial charge in [0.05, 0.1) is 16.6 Å². The van der Waals surface area contributed by atoms with E-state index in [9.17, 15) is 4.39 Å². The zero-order valence-corrected chi connectivity index (χ0v) is 19.7. The fraction of sp³-hybridized carbons (Fsp3) is 0.350. The summed E-state index contributed by atoms with van der Waals surface area (Å²) < 4.78 is 27.9. The van der Waals surface area contributed by atoms with Crippen molar-refractivity contribution in [2.45, 2.75) is 32.4 Å². The molecule has 1 aromatic carbocycles. The molecule has 0 fully saturated rings. The second kappa shape index (κ2) is 8.53. The highest BCUT2D eigenvalue weighted by atomic mass is 79.9. The first kappa shape index (κ1) is 21.3. The Balaban J connectivity index is 2.06. The average Bonchev–Trinajstić information content (AvgIpc) is 3.00. The molecule has 8 heteroatoms. The van der Waals surface area contributed by atoms with Gasteiger partial charge in [-0.2, -0.15) is 0 Å². The van der Waals surface area contributed by atoms with Crippen molar-refractivity contribution in [1.82, 2.24) is 9.55 Å². The molecule has 0 bridgehead atoms. The fourth-order valence-electron chi connectivity index (χ4n) is 2.93. The van der Waals surface area contributed by atoms with Gasteiger partial charge >= 0.3 is 0 Å². The van der Waals surface area contributed by atoms with Gasteiger partial charge in [0.1, 0.15) is 23.9 Å². The van der Waals surface area contributed by atoms with Gasteiger partial charge < -0.3 is 14.0 Å². The van der Waals surface area contributed by atoms with E-state index in [4.69, 9.17) is 21.1 Å². The van der Waals surface area contributed by atoms with E-state index in [1.165, 1.54) is 12.1 Å². The number of benzene rings is 1. The zero-order valence-electron chi connectivity index (χ0n) is 16.4. The smallest absolute Gasteiger partial charge is 0.143 e. The highest BCUT2D eigenvalue weighted by molar-refractivity contribution is 9.10. The lowest BCUT2D eigenvalue weighted by Crippen LogP contribution is -2.22. The molecule has 0 aliphatic carbocycles. The van der Waals surface area contributed by atoms with Crippen LogP contribution in [0.2, 0.25) is 30.7 Å². The van der Waals surface area contributed by atoms with E-state index < -0.39 is 8.07 Å². The lowest BCUT2D eigenvalue weighted by Gasteiger charge is -2.15. The Morgan fingerprint density at radius 1 is 1.25 bits per heavy atom. The van der Waals surface area contributed by atoms with Crippen molar-refractivity contribution >= 4 is 46.6 Å². The first-order valence-electron chi connectivity index (χ1n) is 8.96. The zero-order chi connectivity index (χ0) is 20.5. The number of hydrogen-bond acceptors (Lipinski definition) is 3. The van der Waals surface area contributed by atoms with Crippen LogP contribution in [0.3, 0.4) is 0 Å². The van der Waals surface area contributed by atoms with Crippen LogP contribution in [0.15, 0.2) is 35.1 Å². The van der Waals surface area contributed by atoms with Gasteiger partial charge in [0, 0.05) is 43.6 Å². The monoisotopic (exact) mass is 484 g/mol. The third-order valence-corrected chi connectivity index (χ3v) is 7.38. The largest absolute Gasteiger partial charge is 0.496 e. The lowest BCUT2D eigenvalue weighted by molar-refractivity contribution is 0.0899. The number of halogens is 3. The second-order valence-electron chi connectivity index (χ2n) is 7.82. The number of methoxy groups -OCH3 is 1. The molecule has 3 aromatic rings. The minimum Gasteiger partial charge on any atom is -0.496 e. The SMILES string of the molecule is COc1ccc(F)cc1-c1cn(COCC[Si](C)(C)C)c2ncc(Br)c(Cl)c12. The molecule has 4 nitrogen and oxygen atoms in total. The summed E-state index contributed by atoms with van der Waals surface area (Å²) in [6.07, 6.45) is 3.55. The van der Waals surface area contributed by atoms with Crippen molar-refractivity contribution in [1.29, 1.82) is 0 Å². The summed E-state index contributed by atoms with van der Waals surface area (Å²) in [5, 5.41) is 1.25. The summed E-state index contributed by atoms with van der Waals surface area (Å²) in [5.41, 5.74) is 2.05. The van der Waals surface area contributed by atoms with Gasteiger partial charge in [-0.1, -0.05) is 31.2 Å². The molecule has 0 radical (unpaired) electrons. The second-order valence-corrected chi connectivity index (χ2v) is 14.7. The van der Waals surface area contributed by atoms with Crippen LogP contribution >= 0.6 is 27.5 Å². The predicted octanol–water partition coefficient (Wildman–Crippen LogP) is 6.58. The van der Waals surface area contributed by atoms with E-state index in [1.54, 1.807) is 19.4 Å². The molecule has 0 saturated carbocycles. The van der Waals surface area contributed by atoms with Crippen molar-refractivity contribution in [2.24, 2.45) is 0 Å². The molecule has 150 valence electrons. The van der Waals surface area contributed by atoms with Gasteiger partial charge in [0.2, 0.25) is 0 Å². The number of hydrogen-bond donors (Lipinski definition) is 0. The van der Waals surface area contributed by atoms with E-state index in [1.807, 2.05) is 10.8 Å². The third-order valence-electron chi connectivity index (χ3n) is 4.46. The highest BCUT2D eigenvalue weighted by Crippen LogP contribution is 2.41. The molecule has 2 aromatic heterocycles. The maximum absolute atomic E-state index is 14.0. The van der Waals surface area contributed by atoms with Crippen molar-refractivity contribution < 1.29 is 13.9 Å². The first-order valence-corrected chi connectivity index (χ1v) is 13.8. The molecule has 3 rings (SSSR count). The van der Waals surface area contributed by atoms with E-state index >= 15 is 0 Å². The number of fused-ring (bicyclic) bond motifs is 1. The number of pyridine rings is 1. The molecular weight excluding hydrogens is 463 g/mol. The van der Waals surface area contributed by atoms with Crippen LogP contribution < -0.4 is 4.74 Å². The maximum atomic E-state index is 14.0. The first-order chi connectivity index (χ1) is 13.2. The van der Waals surface area contributed by atoms with Crippen molar-refractivity contribution in [2.75, 3.05) is 13.7 Å². The van der Waals surface area contributed by atoms with Gasteiger partial charge in [-0.15, -0.1) is 0 Å². The number of nitrogens with zero attached hydrogens (tertiary/aromatic N) is 2. The van der Waals surface area contributed by atoms with Gasteiger partial charge in [-0.3, -0.25) is 0 Å². The van der Waals surface area contributed by atoms with Gasteiger partial charge in [0.15, 0.2) is 0 Å². The number of rotatable bonds is 7. The minimum absolute atomic E-state index is 0.345. The molecule has 0 atom stereocenters.